The zero-order valence-electron chi connectivity index (χ0n) is 10.8. The number of thioether (sulfide) groups is 1. The van der Waals surface area contributed by atoms with Gasteiger partial charge in [-0.1, -0.05) is 19.1 Å². The topological polar surface area (TPSA) is 44.1 Å². The van der Waals surface area contributed by atoms with Crippen molar-refractivity contribution in [1.29, 1.82) is 5.26 Å². The molecule has 0 bridgehead atoms. The van der Waals surface area contributed by atoms with Crippen LogP contribution in [0, 0.1) is 11.3 Å². The van der Waals surface area contributed by atoms with E-state index < -0.39 is 0 Å². The van der Waals surface area contributed by atoms with Gasteiger partial charge in [0.15, 0.2) is 0 Å². The molecule has 0 aromatic heterocycles. The number of hydrogen-bond donors (Lipinski definition) is 0. The van der Waals surface area contributed by atoms with E-state index in [1.165, 1.54) is 4.90 Å². The third-order valence-corrected chi connectivity index (χ3v) is 3.42. The Bertz CT molecular complexity index is 422. The van der Waals surface area contributed by atoms with Crippen molar-refractivity contribution in [2.75, 3.05) is 12.8 Å². The normalized spacial score (nSPS) is 9.83. The van der Waals surface area contributed by atoms with Gasteiger partial charge in [-0.25, -0.2) is 0 Å². The van der Waals surface area contributed by atoms with Crippen LogP contribution < -0.4 is 0 Å². The van der Waals surface area contributed by atoms with Gasteiger partial charge < -0.3 is 4.90 Å². The lowest BCUT2D eigenvalue weighted by atomic mass is 10.2. The van der Waals surface area contributed by atoms with E-state index in [0.29, 0.717) is 13.0 Å². The highest BCUT2D eigenvalue weighted by Gasteiger charge is 2.08. The molecule has 0 aliphatic rings. The SMILES string of the molecule is CCSc1ccc(CN(C)C(=O)CCC#N)cc1. The minimum absolute atomic E-state index is 0.0172. The van der Waals surface area contributed by atoms with Crippen LogP contribution in [0.15, 0.2) is 29.2 Å². The third kappa shape index (κ3) is 4.80. The Hall–Kier alpha value is -1.47. The third-order valence-electron chi connectivity index (χ3n) is 2.53. The van der Waals surface area contributed by atoms with Crippen molar-refractivity contribution in [3.8, 4) is 6.07 Å². The number of amides is 1. The fourth-order valence-electron chi connectivity index (χ4n) is 1.57. The molecule has 18 heavy (non-hydrogen) atoms. The molecule has 0 saturated carbocycles. The second kappa shape index (κ2) is 7.78. The van der Waals surface area contributed by atoms with Gasteiger partial charge in [0.2, 0.25) is 5.91 Å². The van der Waals surface area contributed by atoms with Gasteiger partial charge in [-0.15, -0.1) is 11.8 Å². The van der Waals surface area contributed by atoms with Gasteiger partial charge in [-0.05, 0) is 23.4 Å². The van der Waals surface area contributed by atoms with Crippen molar-refractivity contribution >= 4 is 17.7 Å². The molecule has 0 fully saturated rings. The van der Waals surface area contributed by atoms with Gasteiger partial charge >= 0.3 is 0 Å². The largest absolute Gasteiger partial charge is 0.341 e. The van der Waals surface area contributed by atoms with Crippen LogP contribution in [0.3, 0.4) is 0 Å². The summed E-state index contributed by atoms with van der Waals surface area (Å²) in [6.07, 6.45) is 0.589. The number of rotatable bonds is 6. The maximum Gasteiger partial charge on any atom is 0.223 e. The lowest BCUT2D eigenvalue weighted by Gasteiger charge is -2.16. The molecule has 1 amide bonds. The standard InChI is InChI=1S/C14H18N2OS/c1-3-18-13-8-6-12(7-9-13)11-16(2)14(17)5-4-10-15/h6-9H,3-5,11H2,1-2H3. The smallest absolute Gasteiger partial charge is 0.223 e. The fourth-order valence-corrected chi connectivity index (χ4v) is 2.24. The molecule has 1 aromatic rings. The van der Waals surface area contributed by atoms with Crippen molar-refractivity contribution in [2.45, 2.75) is 31.2 Å². The van der Waals surface area contributed by atoms with Crippen molar-refractivity contribution in [3.63, 3.8) is 0 Å². The molecule has 1 rings (SSSR count). The molecule has 0 aliphatic heterocycles. The Morgan fingerprint density at radius 1 is 1.39 bits per heavy atom. The van der Waals surface area contributed by atoms with E-state index >= 15 is 0 Å². The summed E-state index contributed by atoms with van der Waals surface area (Å²) >= 11 is 1.80. The highest BCUT2D eigenvalue weighted by atomic mass is 32.2. The Morgan fingerprint density at radius 2 is 2.06 bits per heavy atom. The number of carbonyl (C=O) groups is 1. The molecule has 3 nitrogen and oxygen atoms in total. The van der Waals surface area contributed by atoms with Gasteiger partial charge in [0.1, 0.15) is 0 Å². The Morgan fingerprint density at radius 3 is 2.61 bits per heavy atom. The first-order valence-corrected chi connectivity index (χ1v) is 6.98. The Labute approximate surface area is 113 Å². The molecule has 0 heterocycles. The van der Waals surface area contributed by atoms with E-state index in [9.17, 15) is 4.79 Å². The van der Waals surface area contributed by atoms with Gasteiger partial charge in [0.25, 0.3) is 0 Å². The highest BCUT2D eigenvalue weighted by Crippen LogP contribution is 2.18. The van der Waals surface area contributed by atoms with Crippen molar-refractivity contribution < 1.29 is 4.79 Å². The number of hydrogen-bond acceptors (Lipinski definition) is 3. The molecule has 0 atom stereocenters. The van der Waals surface area contributed by atoms with E-state index in [2.05, 4.69) is 19.1 Å². The fraction of sp³-hybridized carbons (Fsp3) is 0.429. The summed E-state index contributed by atoms with van der Waals surface area (Å²) in [5.41, 5.74) is 1.11. The number of benzene rings is 1. The first kappa shape index (κ1) is 14.6. The maximum atomic E-state index is 11.6. The summed E-state index contributed by atoms with van der Waals surface area (Å²) in [4.78, 5) is 14.6. The molecular weight excluding hydrogens is 244 g/mol. The quantitative estimate of drug-likeness (QED) is 0.740. The highest BCUT2D eigenvalue weighted by molar-refractivity contribution is 7.99. The average Bonchev–Trinajstić information content (AvgIpc) is 2.38. The predicted molar refractivity (Wildman–Crippen MR) is 74.2 cm³/mol. The molecule has 0 saturated heterocycles. The summed E-state index contributed by atoms with van der Waals surface area (Å²) in [5, 5.41) is 8.44. The molecule has 1 aromatic carbocycles. The summed E-state index contributed by atoms with van der Waals surface area (Å²) < 4.78 is 0. The molecule has 0 unspecified atom stereocenters. The van der Waals surface area contributed by atoms with Gasteiger partial charge in [0.05, 0.1) is 6.07 Å². The first-order valence-electron chi connectivity index (χ1n) is 6.00. The van der Waals surface area contributed by atoms with Crippen molar-refractivity contribution in [1.82, 2.24) is 4.90 Å². The van der Waals surface area contributed by atoms with E-state index in [-0.39, 0.29) is 12.3 Å². The predicted octanol–water partition coefficient (Wildman–Crippen LogP) is 3.06. The number of carbonyl (C=O) groups excluding carboxylic acids is 1. The van der Waals surface area contributed by atoms with Crippen LogP contribution in [-0.2, 0) is 11.3 Å². The van der Waals surface area contributed by atoms with Crippen LogP contribution in [0.1, 0.15) is 25.3 Å². The Kier molecular flexibility index (Phi) is 6.31. The molecule has 96 valence electrons. The van der Waals surface area contributed by atoms with E-state index in [1.807, 2.05) is 18.2 Å². The number of nitriles is 1. The van der Waals surface area contributed by atoms with Crippen molar-refractivity contribution in [2.24, 2.45) is 0 Å². The van der Waals surface area contributed by atoms with E-state index in [1.54, 1.807) is 23.7 Å². The summed E-state index contributed by atoms with van der Waals surface area (Å²) in [5.74, 6) is 1.08. The van der Waals surface area contributed by atoms with Gasteiger partial charge in [0, 0.05) is 31.3 Å². The second-order valence-corrected chi connectivity index (χ2v) is 5.32. The lowest BCUT2D eigenvalue weighted by Crippen LogP contribution is -2.25. The summed E-state index contributed by atoms with van der Waals surface area (Å²) in [7, 11) is 1.77. The summed E-state index contributed by atoms with van der Waals surface area (Å²) in [6, 6.07) is 10.2. The average molecular weight is 262 g/mol. The zero-order valence-corrected chi connectivity index (χ0v) is 11.7. The molecular formula is C14H18N2OS. The molecule has 4 heteroatoms. The van der Waals surface area contributed by atoms with Crippen LogP contribution in [0.2, 0.25) is 0 Å². The van der Waals surface area contributed by atoms with Crippen LogP contribution in [-0.4, -0.2) is 23.6 Å². The maximum absolute atomic E-state index is 11.6. The molecule has 0 spiro atoms. The van der Waals surface area contributed by atoms with Crippen LogP contribution in [0.4, 0.5) is 0 Å². The summed E-state index contributed by atoms with van der Waals surface area (Å²) in [6.45, 7) is 2.72. The zero-order chi connectivity index (χ0) is 13.4. The van der Waals surface area contributed by atoms with Crippen LogP contribution >= 0.6 is 11.8 Å². The lowest BCUT2D eigenvalue weighted by molar-refractivity contribution is -0.130. The van der Waals surface area contributed by atoms with Gasteiger partial charge in [-0.3, -0.25) is 4.79 Å². The van der Waals surface area contributed by atoms with Gasteiger partial charge in [-0.2, -0.15) is 5.26 Å². The molecule has 0 N–H and O–H groups in total. The minimum Gasteiger partial charge on any atom is -0.341 e. The molecule has 0 radical (unpaired) electrons. The second-order valence-electron chi connectivity index (χ2n) is 3.98. The van der Waals surface area contributed by atoms with Crippen molar-refractivity contribution in [3.05, 3.63) is 29.8 Å². The minimum atomic E-state index is 0.0172. The van der Waals surface area contributed by atoms with Crippen LogP contribution in [0.25, 0.3) is 0 Å². The number of nitrogens with zero attached hydrogens (tertiary/aromatic N) is 2. The van der Waals surface area contributed by atoms with E-state index in [0.717, 1.165) is 11.3 Å². The van der Waals surface area contributed by atoms with Crippen LogP contribution in [0.5, 0.6) is 0 Å². The monoisotopic (exact) mass is 262 g/mol. The van der Waals surface area contributed by atoms with E-state index in [4.69, 9.17) is 5.26 Å². The first-order chi connectivity index (χ1) is 8.67. The Balaban J connectivity index is 2.51. The molecule has 0 aliphatic carbocycles.